The lowest BCUT2D eigenvalue weighted by Gasteiger charge is -2.02. The lowest BCUT2D eigenvalue weighted by molar-refractivity contribution is 0.693. The number of guanidine groups is 1. The van der Waals surface area contributed by atoms with E-state index in [0.717, 1.165) is 6.54 Å². The molecule has 0 bridgehead atoms. The van der Waals surface area contributed by atoms with E-state index >= 15 is 0 Å². The largest absolute Gasteiger partial charge is 0.370 e. The van der Waals surface area contributed by atoms with Gasteiger partial charge in [-0.05, 0) is 6.42 Å². The van der Waals surface area contributed by atoms with Gasteiger partial charge in [-0.25, -0.2) is 0 Å². The minimum atomic E-state index is 0.538. The summed E-state index contributed by atoms with van der Waals surface area (Å²) in [5.74, 6) is 0.538. The molecule has 3 heteroatoms. The molecule has 0 aromatic rings. The van der Waals surface area contributed by atoms with Gasteiger partial charge >= 0.3 is 0 Å². The van der Waals surface area contributed by atoms with E-state index in [0.29, 0.717) is 5.96 Å². The van der Waals surface area contributed by atoms with Crippen molar-refractivity contribution in [1.82, 2.24) is 5.32 Å². The van der Waals surface area contributed by atoms with Gasteiger partial charge in [-0.2, -0.15) is 0 Å². The molecule has 0 fully saturated rings. The zero-order chi connectivity index (χ0) is 9.82. The van der Waals surface area contributed by atoms with Gasteiger partial charge in [0.25, 0.3) is 0 Å². The number of nitrogens with one attached hydrogen (secondary N) is 1. The van der Waals surface area contributed by atoms with Gasteiger partial charge in [0, 0.05) is 13.6 Å². The Morgan fingerprint density at radius 2 is 1.92 bits per heavy atom. The molecule has 0 saturated heterocycles. The van der Waals surface area contributed by atoms with Crippen molar-refractivity contribution in [3.8, 4) is 0 Å². The molecule has 0 atom stereocenters. The topological polar surface area (TPSA) is 50.4 Å². The van der Waals surface area contributed by atoms with Gasteiger partial charge < -0.3 is 11.1 Å². The SMILES string of the molecule is CC.CCCCCNC(N)=NC. The summed E-state index contributed by atoms with van der Waals surface area (Å²) in [6.45, 7) is 7.12. The zero-order valence-corrected chi connectivity index (χ0v) is 8.85. The Labute approximate surface area is 76.4 Å². The molecule has 12 heavy (non-hydrogen) atoms. The first kappa shape index (κ1) is 13.8. The number of hydrogen-bond acceptors (Lipinski definition) is 1. The summed E-state index contributed by atoms with van der Waals surface area (Å²) in [6, 6.07) is 0. The molecule has 0 amide bonds. The van der Waals surface area contributed by atoms with Crippen LogP contribution in [-0.4, -0.2) is 19.6 Å². The van der Waals surface area contributed by atoms with E-state index in [-0.39, 0.29) is 0 Å². The number of nitrogens with two attached hydrogens (primary N) is 1. The molecule has 0 heterocycles. The van der Waals surface area contributed by atoms with Crippen LogP contribution in [-0.2, 0) is 0 Å². The molecule has 0 spiro atoms. The quantitative estimate of drug-likeness (QED) is 0.386. The van der Waals surface area contributed by atoms with Crippen LogP contribution in [0.4, 0.5) is 0 Å². The van der Waals surface area contributed by atoms with Crippen molar-refractivity contribution in [2.24, 2.45) is 10.7 Å². The molecule has 0 aromatic carbocycles. The van der Waals surface area contributed by atoms with Crippen LogP contribution in [0.1, 0.15) is 40.0 Å². The first-order chi connectivity index (χ1) is 5.81. The van der Waals surface area contributed by atoms with Gasteiger partial charge in [0.2, 0.25) is 0 Å². The summed E-state index contributed by atoms with van der Waals surface area (Å²) in [4.78, 5) is 3.77. The van der Waals surface area contributed by atoms with E-state index in [1.54, 1.807) is 7.05 Å². The third kappa shape index (κ3) is 12.0. The number of rotatable bonds is 4. The van der Waals surface area contributed by atoms with E-state index in [4.69, 9.17) is 5.73 Å². The predicted molar refractivity (Wildman–Crippen MR) is 56.4 cm³/mol. The third-order valence-corrected chi connectivity index (χ3v) is 1.33. The first-order valence-electron chi connectivity index (χ1n) is 4.77. The maximum absolute atomic E-state index is 5.39. The van der Waals surface area contributed by atoms with Crippen molar-refractivity contribution < 1.29 is 0 Å². The minimum Gasteiger partial charge on any atom is -0.370 e. The van der Waals surface area contributed by atoms with Crippen molar-refractivity contribution >= 4 is 5.96 Å². The summed E-state index contributed by atoms with van der Waals surface area (Å²) in [6.07, 6.45) is 3.67. The zero-order valence-electron chi connectivity index (χ0n) is 8.85. The van der Waals surface area contributed by atoms with E-state index in [9.17, 15) is 0 Å². The monoisotopic (exact) mass is 173 g/mol. The van der Waals surface area contributed by atoms with Crippen LogP contribution in [0, 0.1) is 0 Å². The Bertz CT molecular complexity index is 99.9. The van der Waals surface area contributed by atoms with Crippen LogP contribution >= 0.6 is 0 Å². The Kier molecular flexibility index (Phi) is 14.9. The Balaban J connectivity index is 0. The number of aliphatic imine (C=N–C) groups is 1. The molecule has 3 N–H and O–H groups in total. The molecular weight excluding hydrogens is 150 g/mol. The third-order valence-electron chi connectivity index (χ3n) is 1.33. The smallest absolute Gasteiger partial charge is 0.188 e. The molecule has 0 aromatic heterocycles. The van der Waals surface area contributed by atoms with Gasteiger partial charge in [-0.3, -0.25) is 4.99 Å². The maximum Gasteiger partial charge on any atom is 0.188 e. The second-order valence-electron chi connectivity index (χ2n) is 2.24. The fourth-order valence-electron chi connectivity index (χ4n) is 0.671. The van der Waals surface area contributed by atoms with Gasteiger partial charge in [-0.15, -0.1) is 0 Å². The van der Waals surface area contributed by atoms with Crippen molar-refractivity contribution in [1.29, 1.82) is 0 Å². The van der Waals surface area contributed by atoms with Crippen molar-refractivity contribution in [3.05, 3.63) is 0 Å². The molecule has 0 aliphatic rings. The standard InChI is InChI=1S/C7H17N3.C2H6/c1-3-4-5-6-10-7(8)9-2;1-2/h3-6H2,1-2H3,(H3,8,9,10);1-2H3. The molecule has 0 saturated carbocycles. The van der Waals surface area contributed by atoms with Crippen LogP contribution in [0.25, 0.3) is 0 Å². The molecular formula is C9H23N3. The highest BCUT2D eigenvalue weighted by molar-refractivity contribution is 5.77. The van der Waals surface area contributed by atoms with Crippen molar-refractivity contribution in [2.45, 2.75) is 40.0 Å². The van der Waals surface area contributed by atoms with Gasteiger partial charge in [0.05, 0.1) is 0 Å². The molecule has 0 radical (unpaired) electrons. The van der Waals surface area contributed by atoms with E-state index in [1.165, 1.54) is 19.3 Å². The number of unbranched alkanes of at least 4 members (excludes halogenated alkanes) is 2. The summed E-state index contributed by atoms with van der Waals surface area (Å²) in [7, 11) is 1.68. The lowest BCUT2D eigenvalue weighted by Crippen LogP contribution is -2.31. The second kappa shape index (κ2) is 12.9. The Morgan fingerprint density at radius 1 is 1.33 bits per heavy atom. The first-order valence-corrected chi connectivity index (χ1v) is 4.77. The van der Waals surface area contributed by atoms with Gasteiger partial charge in [0.1, 0.15) is 0 Å². The van der Waals surface area contributed by atoms with Crippen LogP contribution in [0.15, 0.2) is 4.99 Å². The summed E-state index contributed by atoms with van der Waals surface area (Å²) in [5.41, 5.74) is 5.39. The molecule has 3 nitrogen and oxygen atoms in total. The molecule has 74 valence electrons. The highest BCUT2D eigenvalue weighted by Gasteiger charge is 1.87. The number of nitrogens with zero attached hydrogens (tertiary/aromatic N) is 1. The molecule has 0 unspecified atom stereocenters. The highest BCUT2D eigenvalue weighted by Crippen LogP contribution is 1.90. The molecule has 0 rings (SSSR count). The molecule has 0 aliphatic heterocycles. The molecule has 0 aliphatic carbocycles. The average molecular weight is 173 g/mol. The van der Waals surface area contributed by atoms with Crippen LogP contribution in [0.3, 0.4) is 0 Å². The second-order valence-corrected chi connectivity index (χ2v) is 2.24. The van der Waals surface area contributed by atoms with Crippen LogP contribution in [0.2, 0.25) is 0 Å². The average Bonchev–Trinajstić information content (AvgIpc) is 2.15. The fourth-order valence-corrected chi connectivity index (χ4v) is 0.671. The summed E-state index contributed by atoms with van der Waals surface area (Å²) < 4.78 is 0. The maximum atomic E-state index is 5.39. The summed E-state index contributed by atoms with van der Waals surface area (Å²) in [5, 5.41) is 2.99. The lowest BCUT2D eigenvalue weighted by atomic mass is 10.2. The van der Waals surface area contributed by atoms with Gasteiger partial charge in [-0.1, -0.05) is 33.6 Å². The Hall–Kier alpha value is -0.730. The normalized spacial score (nSPS) is 10.2. The van der Waals surface area contributed by atoms with E-state index < -0.39 is 0 Å². The summed E-state index contributed by atoms with van der Waals surface area (Å²) >= 11 is 0. The van der Waals surface area contributed by atoms with Gasteiger partial charge in [0.15, 0.2) is 5.96 Å². The van der Waals surface area contributed by atoms with E-state index in [1.807, 2.05) is 13.8 Å². The minimum absolute atomic E-state index is 0.538. The predicted octanol–water partition coefficient (Wildman–Crippen LogP) is 1.74. The number of hydrogen-bond donors (Lipinski definition) is 2. The van der Waals surface area contributed by atoms with Crippen molar-refractivity contribution in [3.63, 3.8) is 0 Å². The van der Waals surface area contributed by atoms with Crippen molar-refractivity contribution in [2.75, 3.05) is 13.6 Å². The van der Waals surface area contributed by atoms with Crippen LogP contribution < -0.4 is 11.1 Å². The van der Waals surface area contributed by atoms with Crippen LogP contribution in [0.5, 0.6) is 0 Å². The van der Waals surface area contributed by atoms with E-state index in [2.05, 4.69) is 17.2 Å². The fraction of sp³-hybridized carbons (Fsp3) is 0.889. The highest BCUT2D eigenvalue weighted by atomic mass is 15.1. The Morgan fingerprint density at radius 3 is 2.33 bits per heavy atom.